The molecule has 0 aliphatic rings. The number of aliphatic hydroxyl groups is 1. The van der Waals surface area contributed by atoms with Crippen molar-refractivity contribution in [3.8, 4) is 17.2 Å². The molecule has 0 aliphatic carbocycles. The summed E-state index contributed by atoms with van der Waals surface area (Å²) < 4.78 is 0. The highest BCUT2D eigenvalue weighted by Gasteiger charge is 2.05. The lowest BCUT2D eigenvalue weighted by Gasteiger charge is -2.01. The number of nitrogens with zero attached hydrogens (tertiary/aromatic N) is 1. The molecule has 0 amide bonds. The first kappa shape index (κ1) is 12.3. The third-order valence-corrected chi connectivity index (χ3v) is 2.04. The Morgan fingerprint density at radius 1 is 1.00 bits per heavy atom. The van der Waals surface area contributed by atoms with Gasteiger partial charge in [-0.2, -0.15) is 0 Å². The van der Waals surface area contributed by atoms with Gasteiger partial charge in [0.05, 0.1) is 0 Å². The van der Waals surface area contributed by atoms with Gasteiger partial charge < -0.3 is 20.4 Å². The highest BCUT2D eigenvalue weighted by atomic mass is 16.3. The summed E-state index contributed by atoms with van der Waals surface area (Å²) in [6, 6.07) is 2.23. The van der Waals surface area contributed by atoms with Crippen molar-refractivity contribution in [2.45, 2.75) is 19.3 Å². The Balaban J connectivity index is 2.63. The molecule has 0 bridgehead atoms. The zero-order chi connectivity index (χ0) is 12.0. The Morgan fingerprint density at radius 3 is 2.38 bits per heavy atom. The van der Waals surface area contributed by atoms with Crippen LogP contribution in [-0.4, -0.2) is 33.2 Å². The van der Waals surface area contributed by atoms with Gasteiger partial charge in [-0.05, 0) is 19.3 Å². The molecule has 0 aliphatic heterocycles. The lowest BCUT2D eigenvalue weighted by molar-refractivity contribution is 0.286. The van der Waals surface area contributed by atoms with E-state index in [1.807, 2.05) is 0 Å². The maximum absolute atomic E-state index is 9.39. The van der Waals surface area contributed by atoms with Crippen molar-refractivity contribution < 1.29 is 20.4 Å². The number of hydrogen-bond donors (Lipinski definition) is 4. The maximum atomic E-state index is 9.39. The minimum Gasteiger partial charge on any atom is -0.506 e. The molecule has 5 nitrogen and oxygen atoms in total. The number of rotatable bonds is 5. The SMILES string of the molecule is OCCCCC=Nc1cc(O)c(O)cc1O. The number of phenolic OH excluding ortho intramolecular Hbond substituents is 3. The Hall–Kier alpha value is -1.75. The first-order chi connectivity index (χ1) is 7.65. The Morgan fingerprint density at radius 2 is 1.69 bits per heavy atom. The predicted octanol–water partition coefficient (Wildman–Crippen LogP) is 1.67. The lowest BCUT2D eigenvalue weighted by atomic mass is 10.2. The van der Waals surface area contributed by atoms with Crippen LogP contribution >= 0.6 is 0 Å². The van der Waals surface area contributed by atoms with Crippen molar-refractivity contribution in [1.29, 1.82) is 0 Å². The second kappa shape index (κ2) is 5.97. The van der Waals surface area contributed by atoms with Gasteiger partial charge in [-0.15, -0.1) is 0 Å². The molecule has 0 atom stereocenters. The van der Waals surface area contributed by atoms with Crippen molar-refractivity contribution in [2.75, 3.05) is 6.61 Å². The molecule has 0 heterocycles. The van der Waals surface area contributed by atoms with Gasteiger partial charge in [-0.1, -0.05) is 0 Å². The van der Waals surface area contributed by atoms with Crippen LogP contribution in [0.25, 0.3) is 0 Å². The van der Waals surface area contributed by atoms with Gasteiger partial charge in [0.25, 0.3) is 0 Å². The summed E-state index contributed by atoms with van der Waals surface area (Å²) in [6.45, 7) is 0.152. The number of hydrogen-bond acceptors (Lipinski definition) is 5. The summed E-state index contributed by atoms with van der Waals surface area (Å²) in [5, 5.41) is 36.2. The monoisotopic (exact) mass is 225 g/mol. The van der Waals surface area contributed by atoms with E-state index in [-0.39, 0.29) is 29.5 Å². The molecule has 0 radical (unpaired) electrons. The van der Waals surface area contributed by atoms with Crippen LogP contribution in [0.15, 0.2) is 17.1 Å². The summed E-state index contributed by atoms with van der Waals surface area (Å²) in [7, 11) is 0. The minimum atomic E-state index is -0.378. The highest BCUT2D eigenvalue weighted by molar-refractivity contribution is 5.68. The van der Waals surface area contributed by atoms with E-state index in [1.165, 1.54) is 6.07 Å². The normalized spacial score (nSPS) is 11.1. The molecule has 88 valence electrons. The second-order valence-corrected chi connectivity index (χ2v) is 3.36. The summed E-state index contributed by atoms with van der Waals surface area (Å²) >= 11 is 0. The van der Waals surface area contributed by atoms with Gasteiger partial charge in [0.15, 0.2) is 11.5 Å². The number of unbranched alkanes of at least 4 members (excludes halogenated alkanes) is 2. The van der Waals surface area contributed by atoms with Gasteiger partial charge in [0.1, 0.15) is 11.4 Å². The van der Waals surface area contributed by atoms with E-state index in [4.69, 9.17) is 10.2 Å². The smallest absolute Gasteiger partial charge is 0.161 e. The second-order valence-electron chi connectivity index (χ2n) is 3.36. The van der Waals surface area contributed by atoms with Gasteiger partial charge >= 0.3 is 0 Å². The van der Waals surface area contributed by atoms with E-state index >= 15 is 0 Å². The Labute approximate surface area is 93.3 Å². The third-order valence-electron chi connectivity index (χ3n) is 2.04. The van der Waals surface area contributed by atoms with E-state index in [0.717, 1.165) is 12.5 Å². The zero-order valence-corrected chi connectivity index (χ0v) is 8.80. The van der Waals surface area contributed by atoms with Crippen LogP contribution in [0.2, 0.25) is 0 Å². The van der Waals surface area contributed by atoms with Crippen molar-refractivity contribution in [2.24, 2.45) is 4.99 Å². The molecule has 1 rings (SSSR count). The van der Waals surface area contributed by atoms with Gasteiger partial charge in [0.2, 0.25) is 0 Å². The fraction of sp³-hybridized carbons (Fsp3) is 0.364. The molecule has 0 saturated carbocycles. The third kappa shape index (κ3) is 3.43. The number of aliphatic hydroxyl groups excluding tert-OH is 1. The lowest BCUT2D eigenvalue weighted by Crippen LogP contribution is -1.83. The first-order valence-electron chi connectivity index (χ1n) is 5.03. The zero-order valence-electron chi connectivity index (χ0n) is 8.80. The molecule has 16 heavy (non-hydrogen) atoms. The molecule has 0 saturated heterocycles. The van der Waals surface area contributed by atoms with Crippen molar-refractivity contribution >= 4 is 11.9 Å². The summed E-state index contributed by atoms with van der Waals surface area (Å²) in [4.78, 5) is 3.95. The van der Waals surface area contributed by atoms with Gasteiger partial charge in [0, 0.05) is 25.0 Å². The van der Waals surface area contributed by atoms with Crippen LogP contribution in [0.3, 0.4) is 0 Å². The standard InChI is InChI=1S/C11H15NO4/c13-5-3-1-2-4-12-8-6-10(15)11(16)7-9(8)14/h4,6-7,13-16H,1-3,5H2. The first-order valence-corrected chi connectivity index (χ1v) is 5.03. The predicted molar refractivity (Wildman–Crippen MR) is 60.5 cm³/mol. The molecular weight excluding hydrogens is 210 g/mol. The van der Waals surface area contributed by atoms with Crippen molar-refractivity contribution in [3.63, 3.8) is 0 Å². The molecule has 1 aromatic rings. The molecule has 0 spiro atoms. The number of aliphatic imine (C=N–C) groups is 1. The average molecular weight is 225 g/mol. The molecule has 5 heteroatoms. The number of aromatic hydroxyl groups is 3. The molecule has 0 unspecified atom stereocenters. The fourth-order valence-corrected chi connectivity index (χ4v) is 1.17. The molecule has 0 fully saturated rings. The molecule has 1 aromatic carbocycles. The Bertz CT molecular complexity index is 376. The van der Waals surface area contributed by atoms with Crippen molar-refractivity contribution in [3.05, 3.63) is 12.1 Å². The van der Waals surface area contributed by atoms with E-state index in [9.17, 15) is 10.2 Å². The van der Waals surface area contributed by atoms with Crippen LogP contribution in [0.5, 0.6) is 17.2 Å². The average Bonchev–Trinajstić information content (AvgIpc) is 2.25. The van der Waals surface area contributed by atoms with Crippen LogP contribution in [0.4, 0.5) is 5.69 Å². The molecule has 0 aromatic heterocycles. The minimum absolute atomic E-state index is 0.152. The van der Waals surface area contributed by atoms with E-state index in [2.05, 4.69) is 4.99 Å². The van der Waals surface area contributed by atoms with Crippen LogP contribution < -0.4 is 0 Å². The highest BCUT2D eigenvalue weighted by Crippen LogP contribution is 2.37. The fourth-order valence-electron chi connectivity index (χ4n) is 1.17. The van der Waals surface area contributed by atoms with Crippen LogP contribution in [0, 0.1) is 0 Å². The topological polar surface area (TPSA) is 93.3 Å². The van der Waals surface area contributed by atoms with Gasteiger partial charge in [-0.3, -0.25) is 4.99 Å². The number of benzene rings is 1. The number of phenols is 3. The largest absolute Gasteiger partial charge is 0.506 e. The van der Waals surface area contributed by atoms with Crippen LogP contribution in [0.1, 0.15) is 19.3 Å². The summed E-state index contributed by atoms with van der Waals surface area (Å²) in [6.07, 6.45) is 3.80. The summed E-state index contributed by atoms with van der Waals surface area (Å²) in [5.74, 6) is -0.884. The Kier molecular flexibility index (Phi) is 4.60. The van der Waals surface area contributed by atoms with E-state index in [1.54, 1.807) is 6.21 Å². The van der Waals surface area contributed by atoms with Crippen LogP contribution in [-0.2, 0) is 0 Å². The van der Waals surface area contributed by atoms with E-state index in [0.29, 0.717) is 12.8 Å². The quantitative estimate of drug-likeness (QED) is 0.265. The van der Waals surface area contributed by atoms with Gasteiger partial charge in [-0.25, -0.2) is 0 Å². The summed E-state index contributed by atoms with van der Waals surface area (Å²) in [5.41, 5.74) is 0.208. The molecule has 4 N–H and O–H groups in total. The van der Waals surface area contributed by atoms with E-state index < -0.39 is 0 Å². The maximum Gasteiger partial charge on any atom is 0.161 e. The molecular formula is C11H15NO4. The van der Waals surface area contributed by atoms with Crippen molar-refractivity contribution in [1.82, 2.24) is 0 Å².